The van der Waals surface area contributed by atoms with Gasteiger partial charge in [-0.15, -0.1) is 0 Å². The lowest BCUT2D eigenvalue weighted by Crippen LogP contribution is -2.36. The summed E-state index contributed by atoms with van der Waals surface area (Å²) >= 11 is 0. The second kappa shape index (κ2) is 25.3. The number of aliphatic hydroxyl groups excluding tert-OH is 1. The van der Waals surface area contributed by atoms with Crippen molar-refractivity contribution in [1.29, 1.82) is 0 Å². The van der Waals surface area contributed by atoms with E-state index in [1.165, 1.54) is 116 Å². The minimum atomic E-state index is -1.06. The predicted molar refractivity (Wildman–Crippen MR) is 156 cm³/mol. The number of nitrogens with one attached hydrogen (secondary N) is 1. The number of aliphatic hydroxyl groups is 1. The van der Waals surface area contributed by atoms with Crippen LogP contribution in [0.2, 0.25) is 0 Å². The van der Waals surface area contributed by atoms with Crippen molar-refractivity contribution in [3.63, 3.8) is 0 Å². The molecule has 1 heterocycles. The molecular formula is C32H59NO6. The smallest absolute Gasteiger partial charge is 0.328 e. The van der Waals surface area contributed by atoms with Crippen molar-refractivity contribution in [2.45, 2.75) is 173 Å². The van der Waals surface area contributed by atoms with E-state index in [0.29, 0.717) is 19.3 Å². The SMILES string of the molecule is CCCCCCCCCCCCCCCCCCCCCCCC(=O)OCC(O)COC(=O)[C@@H]1CCC(=O)N1. The zero-order chi connectivity index (χ0) is 28.4. The highest BCUT2D eigenvalue weighted by molar-refractivity contribution is 5.88. The zero-order valence-corrected chi connectivity index (χ0v) is 25.0. The first-order valence-electron chi connectivity index (χ1n) is 16.3. The van der Waals surface area contributed by atoms with Gasteiger partial charge in [0.25, 0.3) is 0 Å². The van der Waals surface area contributed by atoms with Gasteiger partial charge in [0.1, 0.15) is 25.4 Å². The Morgan fingerprint density at radius 1 is 0.718 bits per heavy atom. The van der Waals surface area contributed by atoms with Crippen LogP contribution in [0.25, 0.3) is 0 Å². The summed E-state index contributed by atoms with van der Waals surface area (Å²) < 4.78 is 10.1. The van der Waals surface area contributed by atoms with Crippen LogP contribution in [0, 0.1) is 0 Å². The average Bonchev–Trinajstić information content (AvgIpc) is 3.37. The molecule has 2 atom stereocenters. The summed E-state index contributed by atoms with van der Waals surface area (Å²) in [5.74, 6) is -1.07. The molecule has 0 spiro atoms. The molecule has 1 amide bonds. The summed E-state index contributed by atoms with van der Waals surface area (Å²) in [6.07, 6.45) is 27.9. The molecule has 7 nitrogen and oxygen atoms in total. The van der Waals surface area contributed by atoms with Gasteiger partial charge in [0, 0.05) is 12.8 Å². The Bertz CT molecular complexity index is 626. The molecule has 1 aliphatic heterocycles. The lowest BCUT2D eigenvalue weighted by atomic mass is 10.0. The van der Waals surface area contributed by atoms with E-state index in [1.807, 2.05) is 0 Å². The van der Waals surface area contributed by atoms with Crippen LogP contribution < -0.4 is 5.32 Å². The minimum Gasteiger partial charge on any atom is -0.463 e. The van der Waals surface area contributed by atoms with E-state index < -0.39 is 18.1 Å². The Morgan fingerprint density at radius 2 is 1.13 bits per heavy atom. The fourth-order valence-electron chi connectivity index (χ4n) is 5.08. The molecule has 0 aromatic heterocycles. The van der Waals surface area contributed by atoms with E-state index in [1.54, 1.807) is 0 Å². The summed E-state index contributed by atoms with van der Waals surface area (Å²) in [4.78, 5) is 34.8. The quantitative estimate of drug-likeness (QED) is 0.0816. The molecule has 0 radical (unpaired) electrons. The second-order valence-corrected chi connectivity index (χ2v) is 11.4. The Hall–Kier alpha value is -1.63. The fourth-order valence-corrected chi connectivity index (χ4v) is 5.08. The number of hydrogen-bond donors (Lipinski definition) is 2. The molecule has 39 heavy (non-hydrogen) atoms. The van der Waals surface area contributed by atoms with E-state index >= 15 is 0 Å². The molecule has 1 rings (SSSR count). The highest BCUT2D eigenvalue weighted by atomic mass is 16.6. The van der Waals surface area contributed by atoms with Gasteiger partial charge >= 0.3 is 11.9 Å². The standard InChI is InChI=1S/C32H59NO6/c1-2-3-4-5-6-7-8-9-10-11-12-13-14-15-16-17-18-19-20-21-22-23-31(36)38-26-28(34)27-39-32(37)29-24-25-30(35)33-29/h28-29,34H,2-27H2,1H3,(H,33,35)/t28?,29-/m0/s1. The molecule has 0 bridgehead atoms. The molecule has 1 aliphatic rings. The van der Waals surface area contributed by atoms with Crippen LogP contribution >= 0.6 is 0 Å². The number of rotatable bonds is 27. The number of ether oxygens (including phenoxy) is 2. The van der Waals surface area contributed by atoms with Gasteiger partial charge in [-0.1, -0.05) is 135 Å². The second-order valence-electron chi connectivity index (χ2n) is 11.4. The van der Waals surface area contributed by atoms with Gasteiger partial charge in [0.2, 0.25) is 5.91 Å². The third-order valence-corrected chi connectivity index (χ3v) is 7.62. The number of amides is 1. The average molecular weight is 554 g/mol. The molecule has 2 N–H and O–H groups in total. The molecule has 7 heteroatoms. The third kappa shape index (κ3) is 21.8. The van der Waals surface area contributed by atoms with Crippen LogP contribution in [-0.4, -0.2) is 48.3 Å². The summed E-state index contributed by atoms with van der Waals surface area (Å²) in [5, 5.41) is 12.4. The van der Waals surface area contributed by atoms with Crippen molar-refractivity contribution in [2.75, 3.05) is 13.2 Å². The van der Waals surface area contributed by atoms with Gasteiger partial charge < -0.3 is 19.9 Å². The largest absolute Gasteiger partial charge is 0.463 e. The van der Waals surface area contributed by atoms with Crippen molar-refractivity contribution in [2.24, 2.45) is 0 Å². The number of carbonyl (C=O) groups is 3. The number of carbonyl (C=O) groups excluding carboxylic acids is 3. The van der Waals surface area contributed by atoms with Crippen molar-refractivity contribution in [3.05, 3.63) is 0 Å². The Balaban J connectivity index is 1.76. The summed E-state index contributed by atoms with van der Waals surface area (Å²) in [6.45, 7) is 1.83. The summed E-state index contributed by atoms with van der Waals surface area (Å²) in [7, 11) is 0. The lowest BCUT2D eigenvalue weighted by molar-refractivity contribution is -0.154. The van der Waals surface area contributed by atoms with Gasteiger partial charge in [-0.05, 0) is 12.8 Å². The molecule has 1 fully saturated rings. The summed E-state index contributed by atoms with van der Waals surface area (Å²) in [5.41, 5.74) is 0. The van der Waals surface area contributed by atoms with E-state index in [0.717, 1.165) is 19.3 Å². The Kier molecular flexibility index (Phi) is 23.0. The van der Waals surface area contributed by atoms with E-state index in [9.17, 15) is 19.5 Å². The fraction of sp³-hybridized carbons (Fsp3) is 0.906. The molecule has 0 aromatic carbocycles. The molecule has 228 valence electrons. The van der Waals surface area contributed by atoms with Gasteiger partial charge in [-0.2, -0.15) is 0 Å². The highest BCUT2D eigenvalue weighted by Crippen LogP contribution is 2.15. The normalized spacial score (nSPS) is 15.7. The van der Waals surface area contributed by atoms with Gasteiger partial charge in [-0.25, -0.2) is 4.79 Å². The van der Waals surface area contributed by atoms with Crippen molar-refractivity contribution < 1.29 is 29.0 Å². The van der Waals surface area contributed by atoms with Crippen molar-refractivity contribution in [1.82, 2.24) is 5.32 Å². The maximum absolute atomic E-state index is 11.8. The molecule has 0 saturated carbocycles. The first-order valence-corrected chi connectivity index (χ1v) is 16.3. The molecule has 1 unspecified atom stereocenters. The Morgan fingerprint density at radius 3 is 1.54 bits per heavy atom. The minimum absolute atomic E-state index is 0.174. The first kappa shape index (κ1) is 35.4. The third-order valence-electron chi connectivity index (χ3n) is 7.62. The maximum atomic E-state index is 11.8. The van der Waals surface area contributed by atoms with Crippen LogP contribution in [0.3, 0.4) is 0 Å². The van der Waals surface area contributed by atoms with Crippen LogP contribution in [0.5, 0.6) is 0 Å². The zero-order valence-electron chi connectivity index (χ0n) is 25.0. The van der Waals surface area contributed by atoms with Gasteiger partial charge in [0.05, 0.1) is 0 Å². The highest BCUT2D eigenvalue weighted by Gasteiger charge is 2.28. The number of unbranched alkanes of at least 4 members (excludes halogenated alkanes) is 20. The molecule has 0 aromatic rings. The first-order chi connectivity index (χ1) is 19.0. The predicted octanol–water partition coefficient (Wildman–Crippen LogP) is 7.31. The monoisotopic (exact) mass is 553 g/mol. The van der Waals surface area contributed by atoms with Gasteiger partial charge in [-0.3, -0.25) is 9.59 Å². The Labute approximate surface area is 238 Å². The number of hydrogen-bond acceptors (Lipinski definition) is 6. The molecule has 1 saturated heterocycles. The van der Waals surface area contributed by atoms with Crippen molar-refractivity contribution >= 4 is 17.8 Å². The molecule has 0 aliphatic carbocycles. The maximum Gasteiger partial charge on any atom is 0.328 e. The molecular weight excluding hydrogens is 494 g/mol. The van der Waals surface area contributed by atoms with E-state index in [2.05, 4.69) is 12.2 Å². The topological polar surface area (TPSA) is 102 Å². The lowest BCUT2D eigenvalue weighted by Gasteiger charge is -2.14. The van der Waals surface area contributed by atoms with Crippen LogP contribution in [0.4, 0.5) is 0 Å². The van der Waals surface area contributed by atoms with E-state index in [4.69, 9.17) is 9.47 Å². The van der Waals surface area contributed by atoms with Gasteiger partial charge in [0.15, 0.2) is 0 Å². The van der Waals surface area contributed by atoms with E-state index in [-0.39, 0.29) is 25.1 Å². The van der Waals surface area contributed by atoms with Crippen LogP contribution in [-0.2, 0) is 23.9 Å². The van der Waals surface area contributed by atoms with Crippen molar-refractivity contribution in [3.8, 4) is 0 Å². The van der Waals surface area contributed by atoms with Crippen LogP contribution in [0.1, 0.15) is 161 Å². The number of esters is 2. The van der Waals surface area contributed by atoms with Crippen LogP contribution in [0.15, 0.2) is 0 Å². The summed E-state index contributed by atoms with van der Waals surface area (Å²) in [6, 6.07) is -0.642.